The first-order valence-electron chi connectivity index (χ1n) is 11.2. The Balaban J connectivity index is 1.24. The van der Waals surface area contributed by atoms with Crippen molar-refractivity contribution in [1.29, 1.82) is 0 Å². The van der Waals surface area contributed by atoms with E-state index in [1.807, 2.05) is 24.3 Å². The number of aromatic nitrogens is 4. The van der Waals surface area contributed by atoms with Gasteiger partial charge in [0.25, 0.3) is 0 Å². The first-order chi connectivity index (χ1) is 16.5. The lowest BCUT2D eigenvalue weighted by molar-refractivity contribution is -0.126. The molecule has 0 bridgehead atoms. The fourth-order valence-electron chi connectivity index (χ4n) is 4.51. The fraction of sp³-hybridized carbons (Fsp3) is 0.280. The summed E-state index contributed by atoms with van der Waals surface area (Å²) >= 11 is 6.04. The summed E-state index contributed by atoms with van der Waals surface area (Å²) in [7, 11) is 0. The normalized spacial score (nSPS) is 14.9. The Morgan fingerprint density at radius 1 is 1.03 bits per heavy atom. The SMILES string of the molecule is O=C(NCCOc1ccc2nnc(-c3ccc(F)cc3)n2n1)C1(c2ccc(Cl)cc2)CCCC1. The quantitative estimate of drug-likeness (QED) is 0.392. The number of carbonyl (C=O) groups excluding carboxylic acids is 1. The predicted molar refractivity (Wildman–Crippen MR) is 126 cm³/mol. The van der Waals surface area contributed by atoms with Gasteiger partial charge in [0.2, 0.25) is 11.8 Å². The second-order valence-electron chi connectivity index (χ2n) is 8.37. The highest BCUT2D eigenvalue weighted by Crippen LogP contribution is 2.41. The van der Waals surface area contributed by atoms with Crippen molar-refractivity contribution in [3.8, 4) is 17.3 Å². The second kappa shape index (κ2) is 9.38. The van der Waals surface area contributed by atoms with Gasteiger partial charge >= 0.3 is 0 Å². The minimum atomic E-state index is -0.520. The molecule has 1 saturated carbocycles. The van der Waals surface area contributed by atoms with Gasteiger partial charge in [0.1, 0.15) is 12.4 Å². The molecule has 0 aliphatic heterocycles. The van der Waals surface area contributed by atoms with E-state index < -0.39 is 5.41 Å². The molecular weight excluding hydrogens is 457 g/mol. The number of carbonyl (C=O) groups is 1. The van der Waals surface area contributed by atoms with E-state index in [-0.39, 0.29) is 18.3 Å². The Labute approximate surface area is 200 Å². The van der Waals surface area contributed by atoms with Gasteiger partial charge in [0, 0.05) is 16.7 Å². The average Bonchev–Trinajstić information content (AvgIpc) is 3.51. The number of halogens is 2. The largest absolute Gasteiger partial charge is 0.475 e. The van der Waals surface area contributed by atoms with Crippen LogP contribution in [-0.4, -0.2) is 38.9 Å². The van der Waals surface area contributed by atoms with Crippen LogP contribution in [0.25, 0.3) is 17.0 Å². The second-order valence-corrected chi connectivity index (χ2v) is 8.81. The highest BCUT2D eigenvalue weighted by molar-refractivity contribution is 6.30. The molecule has 0 unspecified atom stereocenters. The molecule has 2 aromatic carbocycles. The van der Waals surface area contributed by atoms with E-state index in [9.17, 15) is 9.18 Å². The van der Waals surface area contributed by atoms with Crippen LogP contribution in [0.2, 0.25) is 5.02 Å². The lowest BCUT2D eigenvalue weighted by Crippen LogP contribution is -2.44. The number of ether oxygens (including phenoxy) is 1. The molecule has 174 valence electrons. The zero-order valence-electron chi connectivity index (χ0n) is 18.4. The number of hydrogen-bond acceptors (Lipinski definition) is 5. The van der Waals surface area contributed by atoms with Gasteiger partial charge in [0.05, 0.1) is 12.0 Å². The van der Waals surface area contributed by atoms with Crippen molar-refractivity contribution in [2.24, 2.45) is 0 Å². The minimum absolute atomic E-state index is 0.0109. The van der Waals surface area contributed by atoms with Crippen LogP contribution in [0, 0.1) is 5.82 Å². The number of amides is 1. The molecule has 0 radical (unpaired) electrons. The minimum Gasteiger partial charge on any atom is -0.475 e. The molecule has 0 spiro atoms. The van der Waals surface area contributed by atoms with Gasteiger partial charge in [-0.25, -0.2) is 4.39 Å². The van der Waals surface area contributed by atoms with Gasteiger partial charge in [-0.15, -0.1) is 15.3 Å². The Morgan fingerprint density at radius 2 is 1.76 bits per heavy atom. The molecule has 7 nitrogen and oxygen atoms in total. The third-order valence-electron chi connectivity index (χ3n) is 6.27. The van der Waals surface area contributed by atoms with Crippen LogP contribution in [0.3, 0.4) is 0 Å². The molecular formula is C25H23ClFN5O2. The van der Waals surface area contributed by atoms with Crippen molar-refractivity contribution >= 4 is 23.2 Å². The number of fused-ring (bicyclic) bond motifs is 1. The standard InChI is InChI=1S/C25H23ClFN5O2/c26-19-7-5-18(6-8-19)25(13-1-2-14-25)24(33)28-15-16-34-22-12-11-21-29-30-23(32(21)31-22)17-3-9-20(27)10-4-17/h3-12H,1-2,13-16H2,(H,28,33). The Morgan fingerprint density at radius 3 is 2.50 bits per heavy atom. The van der Waals surface area contributed by atoms with Crippen molar-refractivity contribution in [3.63, 3.8) is 0 Å². The summed E-state index contributed by atoms with van der Waals surface area (Å²) in [6, 6.07) is 17.0. The van der Waals surface area contributed by atoms with Crippen LogP contribution >= 0.6 is 11.6 Å². The van der Waals surface area contributed by atoms with Gasteiger partial charge < -0.3 is 10.1 Å². The average molecular weight is 480 g/mol. The number of nitrogens with zero attached hydrogens (tertiary/aromatic N) is 4. The van der Waals surface area contributed by atoms with Crippen LogP contribution in [0.4, 0.5) is 4.39 Å². The molecule has 0 saturated heterocycles. The molecule has 1 aliphatic carbocycles. The molecule has 0 atom stereocenters. The van der Waals surface area contributed by atoms with E-state index in [1.165, 1.54) is 12.1 Å². The molecule has 1 aliphatic rings. The molecule has 2 heterocycles. The number of rotatable bonds is 7. The summed E-state index contributed by atoms with van der Waals surface area (Å²) in [5.74, 6) is 0.543. The summed E-state index contributed by atoms with van der Waals surface area (Å²) in [6.45, 7) is 0.607. The van der Waals surface area contributed by atoms with E-state index in [1.54, 1.807) is 28.8 Å². The van der Waals surface area contributed by atoms with Crippen LogP contribution in [0.5, 0.6) is 5.88 Å². The van der Waals surface area contributed by atoms with Gasteiger partial charge in [-0.3, -0.25) is 4.79 Å². The maximum atomic E-state index is 13.3. The van der Waals surface area contributed by atoms with E-state index in [4.69, 9.17) is 16.3 Å². The van der Waals surface area contributed by atoms with Crippen LogP contribution in [0.1, 0.15) is 31.2 Å². The van der Waals surface area contributed by atoms with Crippen molar-refractivity contribution < 1.29 is 13.9 Å². The third kappa shape index (κ3) is 4.33. The van der Waals surface area contributed by atoms with Gasteiger partial charge in [-0.2, -0.15) is 4.52 Å². The molecule has 4 aromatic rings. The number of hydrogen-bond donors (Lipinski definition) is 1. The summed E-state index contributed by atoms with van der Waals surface area (Å²) in [6.07, 6.45) is 3.68. The van der Waals surface area contributed by atoms with Crippen LogP contribution in [-0.2, 0) is 10.2 Å². The van der Waals surface area contributed by atoms with Crippen molar-refractivity contribution in [1.82, 2.24) is 25.1 Å². The first-order valence-corrected chi connectivity index (χ1v) is 11.6. The highest BCUT2D eigenvalue weighted by atomic mass is 35.5. The van der Waals surface area contributed by atoms with E-state index >= 15 is 0 Å². The van der Waals surface area contributed by atoms with E-state index in [0.717, 1.165) is 31.2 Å². The number of benzene rings is 2. The third-order valence-corrected chi connectivity index (χ3v) is 6.52. The van der Waals surface area contributed by atoms with Crippen LogP contribution in [0.15, 0.2) is 60.7 Å². The molecule has 34 heavy (non-hydrogen) atoms. The summed E-state index contributed by atoms with van der Waals surface area (Å²) in [5, 5.41) is 16.4. The maximum Gasteiger partial charge on any atom is 0.231 e. The molecule has 5 rings (SSSR count). The van der Waals surface area contributed by atoms with Gasteiger partial charge in [-0.05, 0) is 60.9 Å². The molecule has 1 amide bonds. The predicted octanol–water partition coefficient (Wildman–Crippen LogP) is 4.59. The monoisotopic (exact) mass is 479 g/mol. The lowest BCUT2D eigenvalue weighted by Gasteiger charge is -2.28. The molecule has 2 aromatic heterocycles. The summed E-state index contributed by atoms with van der Waals surface area (Å²) in [4.78, 5) is 13.2. The van der Waals surface area contributed by atoms with Crippen molar-refractivity contribution in [2.45, 2.75) is 31.1 Å². The molecule has 9 heteroatoms. The Bertz CT molecular complexity index is 1300. The van der Waals surface area contributed by atoms with Crippen LogP contribution < -0.4 is 10.1 Å². The van der Waals surface area contributed by atoms with Crippen molar-refractivity contribution in [3.05, 3.63) is 77.1 Å². The topological polar surface area (TPSA) is 81.4 Å². The summed E-state index contributed by atoms with van der Waals surface area (Å²) < 4.78 is 20.6. The van der Waals surface area contributed by atoms with E-state index in [2.05, 4.69) is 20.6 Å². The van der Waals surface area contributed by atoms with Gasteiger partial charge in [0.15, 0.2) is 11.5 Å². The van der Waals surface area contributed by atoms with E-state index in [0.29, 0.717) is 34.5 Å². The number of nitrogens with one attached hydrogen (secondary N) is 1. The Hall–Kier alpha value is -3.52. The zero-order chi connectivity index (χ0) is 23.5. The van der Waals surface area contributed by atoms with Crippen molar-refractivity contribution in [2.75, 3.05) is 13.2 Å². The zero-order valence-corrected chi connectivity index (χ0v) is 19.1. The Kier molecular flexibility index (Phi) is 6.15. The smallest absolute Gasteiger partial charge is 0.231 e. The highest BCUT2D eigenvalue weighted by Gasteiger charge is 2.42. The fourth-order valence-corrected chi connectivity index (χ4v) is 4.64. The first kappa shape index (κ1) is 22.3. The molecule has 1 fully saturated rings. The summed E-state index contributed by atoms with van der Waals surface area (Å²) in [5.41, 5.74) is 1.72. The molecule has 1 N–H and O–H groups in total. The lowest BCUT2D eigenvalue weighted by atomic mass is 9.78. The maximum absolute atomic E-state index is 13.3. The van der Waals surface area contributed by atoms with Gasteiger partial charge in [-0.1, -0.05) is 36.6 Å².